The van der Waals surface area contributed by atoms with Crippen molar-refractivity contribution < 1.29 is 0 Å². The van der Waals surface area contributed by atoms with E-state index in [0.29, 0.717) is 0 Å². The van der Waals surface area contributed by atoms with E-state index in [1.807, 2.05) is 11.6 Å². The summed E-state index contributed by atoms with van der Waals surface area (Å²) in [5, 5.41) is 7.85. The molecule has 0 atom stereocenters. The molecule has 0 unspecified atom stereocenters. The first kappa shape index (κ1) is 11.2. The van der Waals surface area contributed by atoms with E-state index in [4.69, 9.17) is 0 Å². The van der Waals surface area contributed by atoms with Gasteiger partial charge < -0.3 is 5.32 Å². The van der Waals surface area contributed by atoms with Crippen molar-refractivity contribution in [1.82, 2.24) is 15.1 Å². The van der Waals surface area contributed by atoms with Crippen molar-refractivity contribution in [2.24, 2.45) is 0 Å². The zero-order valence-electron chi connectivity index (χ0n) is 9.89. The van der Waals surface area contributed by atoms with Crippen LogP contribution in [0.25, 0.3) is 0 Å². The van der Waals surface area contributed by atoms with Crippen LogP contribution in [0.1, 0.15) is 32.2 Å². The largest absolute Gasteiger partial charge is 0.310 e. The molecule has 1 aromatic rings. The van der Waals surface area contributed by atoms with Crippen molar-refractivity contribution >= 4 is 0 Å². The average molecular weight is 195 g/mol. The number of rotatable bonds is 3. The van der Waals surface area contributed by atoms with Crippen molar-refractivity contribution in [2.75, 3.05) is 6.54 Å². The normalized spacial score (nSPS) is 12.1. The molecule has 0 saturated carbocycles. The van der Waals surface area contributed by atoms with Crippen molar-refractivity contribution in [3.63, 3.8) is 0 Å². The fraction of sp³-hybridized carbons (Fsp3) is 0.727. The van der Waals surface area contributed by atoms with Gasteiger partial charge in [0.25, 0.3) is 0 Å². The first-order valence-electron chi connectivity index (χ1n) is 5.14. The van der Waals surface area contributed by atoms with Gasteiger partial charge in [0.05, 0.1) is 12.2 Å². The Hall–Kier alpha value is -0.830. The summed E-state index contributed by atoms with van der Waals surface area (Å²) in [6, 6.07) is 2.11. The van der Waals surface area contributed by atoms with E-state index < -0.39 is 0 Å². The highest BCUT2D eigenvalue weighted by Crippen LogP contribution is 2.02. The molecule has 14 heavy (non-hydrogen) atoms. The summed E-state index contributed by atoms with van der Waals surface area (Å²) in [6.45, 7) is 12.6. The summed E-state index contributed by atoms with van der Waals surface area (Å²) in [5.41, 5.74) is 2.52. The van der Waals surface area contributed by atoms with Gasteiger partial charge in [-0.25, -0.2) is 0 Å². The van der Waals surface area contributed by atoms with Gasteiger partial charge in [0.1, 0.15) is 0 Å². The first-order chi connectivity index (χ1) is 6.38. The van der Waals surface area contributed by atoms with Crippen LogP contribution in [-0.4, -0.2) is 21.9 Å². The van der Waals surface area contributed by atoms with E-state index in [-0.39, 0.29) is 5.54 Å². The molecule has 0 aliphatic heterocycles. The molecule has 3 heteroatoms. The number of nitrogens with one attached hydrogen (secondary N) is 1. The standard InChI is InChI=1S/C11H21N3/c1-9-8-10(2)14(13-9)7-6-12-11(3,4)5/h8,12H,6-7H2,1-5H3. The molecule has 0 saturated heterocycles. The van der Waals surface area contributed by atoms with Crippen LogP contribution in [0.15, 0.2) is 6.07 Å². The molecule has 0 aromatic carbocycles. The van der Waals surface area contributed by atoms with Crippen LogP contribution in [0.2, 0.25) is 0 Å². The Labute approximate surface area is 86.5 Å². The van der Waals surface area contributed by atoms with Gasteiger partial charge in [-0.1, -0.05) is 0 Å². The Kier molecular flexibility index (Phi) is 3.32. The molecular formula is C11H21N3. The Morgan fingerprint density at radius 1 is 1.36 bits per heavy atom. The van der Waals surface area contributed by atoms with E-state index in [1.165, 1.54) is 5.69 Å². The molecule has 3 nitrogen and oxygen atoms in total. The quantitative estimate of drug-likeness (QED) is 0.798. The maximum absolute atomic E-state index is 4.41. The SMILES string of the molecule is Cc1cc(C)n(CCNC(C)(C)C)n1. The molecule has 1 N–H and O–H groups in total. The van der Waals surface area contributed by atoms with Crippen LogP contribution in [0.3, 0.4) is 0 Å². The van der Waals surface area contributed by atoms with Gasteiger partial charge in [-0.3, -0.25) is 4.68 Å². The Morgan fingerprint density at radius 2 is 2.00 bits per heavy atom. The smallest absolute Gasteiger partial charge is 0.0596 e. The lowest BCUT2D eigenvalue weighted by Gasteiger charge is -2.20. The molecule has 0 bridgehead atoms. The van der Waals surface area contributed by atoms with Crippen LogP contribution in [-0.2, 0) is 6.54 Å². The number of aromatic nitrogens is 2. The summed E-state index contributed by atoms with van der Waals surface area (Å²) in [4.78, 5) is 0. The Morgan fingerprint density at radius 3 is 2.43 bits per heavy atom. The zero-order chi connectivity index (χ0) is 10.8. The molecule has 0 aliphatic carbocycles. The Bertz CT molecular complexity index is 294. The number of hydrogen-bond donors (Lipinski definition) is 1. The maximum atomic E-state index is 4.41. The minimum Gasteiger partial charge on any atom is -0.310 e. The lowest BCUT2D eigenvalue weighted by molar-refractivity contribution is 0.403. The Balaban J connectivity index is 2.42. The fourth-order valence-electron chi connectivity index (χ4n) is 1.44. The summed E-state index contributed by atoms with van der Waals surface area (Å²) in [5.74, 6) is 0. The second kappa shape index (κ2) is 4.13. The third kappa shape index (κ3) is 3.50. The second-order valence-corrected chi connectivity index (χ2v) is 4.83. The van der Waals surface area contributed by atoms with E-state index in [9.17, 15) is 0 Å². The van der Waals surface area contributed by atoms with Crippen molar-refractivity contribution in [1.29, 1.82) is 0 Å². The molecule has 0 aliphatic rings. The molecule has 80 valence electrons. The summed E-state index contributed by atoms with van der Waals surface area (Å²) < 4.78 is 2.05. The minimum absolute atomic E-state index is 0.191. The molecule has 1 aromatic heterocycles. The second-order valence-electron chi connectivity index (χ2n) is 4.83. The van der Waals surface area contributed by atoms with Crippen LogP contribution in [0.4, 0.5) is 0 Å². The predicted molar refractivity (Wildman–Crippen MR) is 59.5 cm³/mol. The van der Waals surface area contributed by atoms with Crippen molar-refractivity contribution in [3.8, 4) is 0 Å². The number of hydrogen-bond acceptors (Lipinski definition) is 2. The highest BCUT2D eigenvalue weighted by Gasteiger charge is 2.08. The highest BCUT2D eigenvalue weighted by molar-refractivity contribution is 5.06. The summed E-state index contributed by atoms with van der Waals surface area (Å²) >= 11 is 0. The van der Waals surface area contributed by atoms with Gasteiger partial charge >= 0.3 is 0 Å². The molecule has 0 spiro atoms. The topological polar surface area (TPSA) is 29.9 Å². The summed E-state index contributed by atoms with van der Waals surface area (Å²) in [6.07, 6.45) is 0. The fourth-order valence-corrected chi connectivity index (χ4v) is 1.44. The predicted octanol–water partition coefficient (Wildman–Crippen LogP) is 1.89. The van der Waals surface area contributed by atoms with Crippen LogP contribution in [0, 0.1) is 13.8 Å². The minimum atomic E-state index is 0.191. The van der Waals surface area contributed by atoms with Gasteiger partial charge in [-0.05, 0) is 40.7 Å². The van der Waals surface area contributed by atoms with E-state index >= 15 is 0 Å². The lowest BCUT2D eigenvalue weighted by Crippen LogP contribution is -2.38. The third-order valence-corrected chi connectivity index (χ3v) is 2.08. The van der Waals surface area contributed by atoms with Gasteiger partial charge in [-0.15, -0.1) is 0 Å². The maximum Gasteiger partial charge on any atom is 0.0596 e. The third-order valence-electron chi connectivity index (χ3n) is 2.08. The molecule has 1 rings (SSSR count). The monoisotopic (exact) mass is 195 g/mol. The lowest BCUT2D eigenvalue weighted by atomic mass is 10.1. The van der Waals surface area contributed by atoms with Gasteiger partial charge in [-0.2, -0.15) is 5.10 Å². The van der Waals surface area contributed by atoms with Gasteiger partial charge in [0, 0.05) is 17.8 Å². The molecule has 1 heterocycles. The highest BCUT2D eigenvalue weighted by atomic mass is 15.3. The zero-order valence-corrected chi connectivity index (χ0v) is 9.89. The number of aryl methyl sites for hydroxylation is 2. The number of nitrogens with zero attached hydrogens (tertiary/aromatic N) is 2. The van der Waals surface area contributed by atoms with Crippen LogP contribution < -0.4 is 5.32 Å². The van der Waals surface area contributed by atoms with Gasteiger partial charge in [0.2, 0.25) is 0 Å². The molecular weight excluding hydrogens is 174 g/mol. The molecule has 0 fully saturated rings. The van der Waals surface area contributed by atoms with E-state index in [2.05, 4.69) is 44.2 Å². The van der Waals surface area contributed by atoms with E-state index in [1.54, 1.807) is 0 Å². The average Bonchev–Trinajstić information content (AvgIpc) is 2.27. The molecule has 0 radical (unpaired) electrons. The van der Waals surface area contributed by atoms with E-state index in [0.717, 1.165) is 18.8 Å². The summed E-state index contributed by atoms with van der Waals surface area (Å²) in [7, 11) is 0. The molecule has 0 amide bonds. The van der Waals surface area contributed by atoms with Crippen LogP contribution in [0.5, 0.6) is 0 Å². The first-order valence-corrected chi connectivity index (χ1v) is 5.14. The van der Waals surface area contributed by atoms with Crippen molar-refractivity contribution in [2.45, 2.75) is 46.7 Å². The van der Waals surface area contributed by atoms with Crippen LogP contribution >= 0.6 is 0 Å². The van der Waals surface area contributed by atoms with Gasteiger partial charge in [0.15, 0.2) is 0 Å². The van der Waals surface area contributed by atoms with Crippen molar-refractivity contribution in [3.05, 3.63) is 17.5 Å².